The van der Waals surface area contributed by atoms with Gasteiger partial charge >= 0.3 is 0 Å². The van der Waals surface area contributed by atoms with Crippen molar-refractivity contribution in [2.45, 2.75) is 33.4 Å². The van der Waals surface area contributed by atoms with Crippen LogP contribution in [0.3, 0.4) is 0 Å². The Labute approximate surface area is 180 Å². The topological polar surface area (TPSA) is 75.3 Å². The highest BCUT2D eigenvalue weighted by Crippen LogP contribution is 2.17. The first kappa shape index (κ1) is 21.4. The Morgan fingerprint density at radius 1 is 1.11 bits per heavy atom. The molecule has 27 heavy (non-hydrogen) atoms. The average molecular weight is 497 g/mol. The smallest absolute Gasteiger partial charge is 0.226 e. The van der Waals surface area contributed by atoms with Crippen LogP contribution in [0.15, 0.2) is 51.4 Å². The van der Waals surface area contributed by atoms with Crippen molar-refractivity contribution in [3.05, 3.63) is 58.4 Å². The molecule has 0 aliphatic rings. The van der Waals surface area contributed by atoms with E-state index in [2.05, 4.69) is 37.9 Å². The maximum atomic E-state index is 5.57. The van der Waals surface area contributed by atoms with Crippen molar-refractivity contribution >= 4 is 41.3 Å². The van der Waals surface area contributed by atoms with Crippen molar-refractivity contribution in [3.8, 4) is 11.5 Å². The molecule has 2 heterocycles. The predicted molar refractivity (Wildman–Crippen MR) is 121 cm³/mol. The second kappa shape index (κ2) is 11.0. The zero-order valence-corrected chi connectivity index (χ0v) is 18.6. The quantitative estimate of drug-likeness (QED) is 0.290. The number of hydrogen-bond donors (Lipinski definition) is 2. The molecule has 0 aliphatic carbocycles. The fraction of sp³-hybridized carbons (Fsp3) is 0.316. The van der Waals surface area contributed by atoms with Gasteiger partial charge < -0.3 is 15.1 Å². The largest absolute Gasteiger partial charge is 0.444 e. The number of thiazole rings is 1. The fourth-order valence-electron chi connectivity index (χ4n) is 2.36. The maximum Gasteiger partial charge on any atom is 0.226 e. The van der Waals surface area contributed by atoms with E-state index in [0.29, 0.717) is 19.0 Å². The second-order valence-corrected chi connectivity index (χ2v) is 6.59. The summed E-state index contributed by atoms with van der Waals surface area (Å²) in [4.78, 5) is 13.7. The van der Waals surface area contributed by atoms with E-state index in [-0.39, 0.29) is 24.0 Å². The zero-order valence-electron chi connectivity index (χ0n) is 15.4. The van der Waals surface area contributed by atoms with Gasteiger partial charge in [0.25, 0.3) is 0 Å². The van der Waals surface area contributed by atoms with Crippen molar-refractivity contribution < 1.29 is 4.42 Å². The van der Waals surface area contributed by atoms with Crippen molar-refractivity contribution in [1.29, 1.82) is 0 Å². The summed E-state index contributed by atoms with van der Waals surface area (Å²) in [5.41, 5.74) is 2.79. The van der Waals surface area contributed by atoms with E-state index in [1.807, 2.05) is 37.3 Å². The van der Waals surface area contributed by atoms with Crippen LogP contribution in [-0.2, 0) is 19.5 Å². The summed E-state index contributed by atoms with van der Waals surface area (Å²) in [7, 11) is 0. The molecule has 3 aromatic rings. The molecule has 0 atom stereocenters. The summed E-state index contributed by atoms with van der Waals surface area (Å²) in [5.74, 6) is 1.36. The van der Waals surface area contributed by atoms with E-state index in [4.69, 9.17) is 4.42 Å². The number of aliphatic imine (C=N–C) groups is 1. The van der Waals surface area contributed by atoms with Gasteiger partial charge in [-0.1, -0.05) is 25.1 Å². The van der Waals surface area contributed by atoms with E-state index in [9.17, 15) is 0 Å². The molecule has 0 amide bonds. The van der Waals surface area contributed by atoms with Crippen LogP contribution in [0.2, 0.25) is 0 Å². The number of benzene rings is 1. The summed E-state index contributed by atoms with van der Waals surface area (Å²) >= 11 is 1.68. The molecule has 1 aromatic carbocycles. The number of nitrogens with one attached hydrogen (secondary N) is 2. The minimum Gasteiger partial charge on any atom is -0.444 e. The number of nitrogens with zero attached hydrogens (tertiary/aromatic N) is 3. The molecule has 144 valence electrons. The molecule has 0 saturated heterocycles. The monoisotopic (exact) mass is 497 g/mol. The highest BCUT2D eigenvalue weighted by atomic mass is 127. The van der Waals surface area contributed by atoms with Crippen molar-refractivity contribution in [1.82, 2.24) is 20.6 Å². The number of halogens is 1. The molecule has 0 saturated carbocycles. The Hall–Kier alpha value is -1.94. The number of guanidine groups is 1. The van der Waals surface area contributed by atoms with Gasteiger partial charge in [0.2, 0.25) is 5.89 Å². The summed E-state index contributed by atoms with van der Waals surface area (Å²) in [5, 5.41) is 9.73. The van der Waals surface area contributed by atoms with Crippen LogP contribution >= 0.6 is 35.3 Å². The summed E-state index contributed by atoms with van der Waals surface area (Å²) in [6.45, 7) is 6.04. The van der Waals surface area contributed by atoms with E-state index in [1.54, 1.807) is 17.6 Å². The number of aryl methyl sites for hydroxylation is 1. The molecule has 6 nitrogen and oxygen atoms in total. The highest BCUT2D eigenvalue weighted by molar-refractivity contribution is 14.0. The maximum absolute atomic E-state index is 5.57. The Morgan fingerprint density at radius 3 is 2.63 bits per heavy atom. The van der Waals surface area contributed by atoms with E-state index >= 15 is 0 Å². The second-order valence-electron chi connectivity index (χ2n) is 5.64. The molecule has 0 aliphatic heterocycles. The van der Waals surface area contributed by atoms with Crippen molar-refractivity contribution in [2.75, 3.05) is 6.54 Å². The van der Waals surface area contributed by atoms with E-state index < -0.39 is 0 Å². The van der Waals surface area contributed by atoms with Gasteiger partial charge in [0.05, 0.1) is 29.5 Å². The fourth-order valence-corrected chi connectivity index (χ4v) is 3.10. The number of hydrogen-bond acceptors (Lipinski definition) is 5. The predicted octanol–water partition coefficient (Wildman–Crippen LogP) is 4.23. The zero-order chi connectivity index (χ0) is 18.2. The number of rotatable bonds is 7. The lowest BCUT2D eigenvalue weighted by molar-refractivity contribution is 0.572. The van der Waals surface area contributed by atoms with Crippen LogP contribution in [-0.4, -0.2) is 22.5 Å². The molecule has 0 bridgehead atoms. The Balaban J connectivity index is 0.00000261. The number of oxazole rings is 1. The van der Waals surface area contributed by atoms with Gasteiger partial charge in [-0.15, -0.1) is 35.3 Å². The molecule has 8 heteroatoms. The third-order valence-corrected chi connectivity index (χ3v) is 4.70. The van der Waals surface area contributed by atoms with E-state index in [0.717, 1.165) is 40.9 Å². The normalized spacial score (nSPS) is 11.1. The lowest BCUT2D eigenvalue weighted by Crippen LogP contribution is -2.36. The van der Waals surface area contributed by atoms with Crippen LogP contribution in [0.5, 0.6) is 0 Å². The van der Waals surface area contributed by atoms with Crippen LogP contribution in [0.25, 0.3) is 11.5 Å². The average Bonchev–Trinajstić information content (AvgIpc) is 3.34. The van der Waals surface area contributed by atoms with Gasteiger partial charge in [0.15, 0.2) is 5.96 Å². The molecule has 0 spiro atoms. The minimum atomic E-state index is 0. The molecule has 0 unspecified atom stereocenters. The standard InChI is InChI=1S/C19H23N5OS.HI/c1-3-17-23-16(13-26-17)11-22-19(20-4-2)21-10-15-12-25-18(24-15)14-8-6-5-7-9-14;/h5-9,12-13H,3-4,10-11H2,1-2H3,(H2,20,21,22);1H. The van der Waals surface area contributed by atoms with Crippen molar-refractivity contribution in [2.24, 2.45) is 4.99 Å². The van der Waals surface area contributed by atoms with Crippen LogP contribution in [0.1, 0.15) is 30.2 Å². The molecule has 0 radical (unpaired) electrons. The molecule has 2 N–H and O–H groups in total. The first-order valence-electron chi connectivity index (χ1n) is 8.73. The Bertz CT molecular complexity index is 847. The summed E-state index contributed by atoms with van der Waals surface area (Å²) in [6, 6.07) is 9.87. The first-order chi connectivity index (χ1) is 12.8. The molecule has 0 fully saturated rings. The van der Waals surface area contributed by atoms with Gasteiger partial charge in [-0.05, 0) is 25.5 Å². The molecule has 2 aromatic heterocycles. The molecular weight excluding hydrogens is 473 g/mol. The first-order valence-corrected chi connectivity index (χ1v) is 9.61. The SMILES string of the molecule is CCNC(=NCc1csc(CC)n1)NCc1coc(-c2ccccc2)n1.I. The highest BCUT2D eigenvalue weighted by Gasteiger charge is 2.07. The van der Waals surface area contributed by atoms with Gasteiger partial charge in [0.1, 0.15) is 6.26 Å². The summed E-state index contributed by atoms with van der Waals surface area (Å²) < 4.78 is 5.57. The van der Waals surface area contributed by atoms with Crippen molar-refractivity contribution in [3.63, 3.8) is 0 Å². The Kier molecular flexibility index (Phi) is 8.73. The van der Waals surface area contributed by atoms with Gasteiger partial charge in [-0.3, -0.25) is 0 Å². The lowest BCUT2D eigenvalue weighted by Gasteiger charge is -2.09. The van der Waals surface area contributed by atoms with E-state index in [1.165, 1.54) is 0 Å². The van der Waals surface area contributed by atoms with Gasteiger partial charge in [0, 0.05) is 17.5 Å². The van der Waals surface area contributed by atoms with Crippen LogP contribution in [0, 0.1) is 0 Å². The van der Waals surface area contributed by atoms with Crippen LogP contribution < -0.4 is 10.6 Å². The van der Waals surface area contributed by atoms with Gasteiger partial charge in [-0.2, -0.15) is 0 Å². The summed E-state index contributed by atoms with van der Waals surface area (Å²) in [6.07, 6.45) is 2.63. The lowest BCUT2D eigenvalue weighted by atomic mass is 10.2. The number of aromatic nitrogens is 2. The van der Waals surface area contributed by atoms with Crippen LogP contribution in [0.4, 0.5) is 0 Å². The molecular formula is C19H24IN5OS. The minimum absolute atomic E-state index is 0. The third kappa shape index (κ3) is 6.31. The molecule has 3 rings (SSSR count). The Morgan fingerprint density at radius 2 is 1.93 bits per heavy atom. The van der Waals surface area contributed by atoms with Gasteiger partial charge in [-0.25, -0.2) is 15.0 Å². The third-order valence-electron chi connectivity index (χ3n) is 3.65.